The predicted octanol–water partition coefficient (Wildman–Crippen LogP) is 3.51. The van der Waals surface area contributed by atoms with Gasteiger partial charge in [0, 0.05) is 13.1 Å². The van der Waals surface area contributed by atoms with Gasteiger partial charge in [-0.25, -0.2) is 0 Å². The number of carbonyl (C=O) groups is 6. The molecule has 10 nitrogen and oxygen atoms in total. The van der Waals surface area contributed by atoms with E-state index in [1.165, 1.54) is 11.9 Å². The monoisotopic (exact) mass is 578 g/mol. The summed E-state index contributed by atoms with van der Waals surface area (Å²) in [6, 6.07) is 6.17. The van der Waals surface area contributed by atoms with Crippen LogP contribution in [-0.4, -0.2) is 58.5 Å². The van der Waals surface area contributed by atoms with Crippen molar-refractivity contribution in [2.45, 2.75) is 77.2 Å². The Hall–Kier alpha value is -3.56. The Kier molecular flexibility index (Phi) is 7.66. The van der Waals surface area contributed by atoms with Crippen molar-refractivity contribution in [1.29, 1.82) is 0 Å². The summed E-state index contributed by atoms with van der Waals surface area (Å²) < 4.78 is 11.2. The fourth-order valence-corrected chi connectivity index (χ4v) is 7.81. The molecule has 6 rings (SSSR count). The lowest BCUT2D eigenvalue weighted by atomic mass is 9.75. The highest BCUT2D eigenvalue weighted by Gasteiger charge is 2.53. The minimum Gasteiger partial charge on any atom is -0.426 e. The van der Waals surface area contributed by atoms with Crippen LogP contribution in [0.3, 0.4) is 0 Å². The van der Waals surface area contributed by atoms with Gasteiger partial charge in [0.25, 0.3) is 0 Å². The van der Waals surface area contributed by atoms with Crippen molar-refractivity contribution in [3.63, 3.8) is 0 Å². The molecule has 1 aromatic carbocycles. The average Bonchev–Trinajstić information content (AvgIpc) is 3.37. The second-order valence-corrected chi connectivity index (χ2v) is 13.0. The molecule has 6 atom stereocenters. The number of benzene rings is 1. The summed E-state index contributed by atoms with van der Waals surface area (Å²) in [7, 11) is 1.48. The highest BCUT2D eigenvalue weighted by Crippen LogP contribution is 2.44. The summed E-state index contributed by atoms with van der Waals surface area (Å²) in [5, 5.41) is 0. The minimum atomic E-state index is -0.470. The summed E-state index contributed by atoms with van der Waals surface area (Å²) >= 11 is 0. The van der Waals surface area contributed by atoms with E-state index < -0.39 is 35.6 Å². The van der Waals surface area contributed by atoms with E-state index in [1.807, 2.05) is 0 Å². The fraction of sp³-hybridized carbons (Fsp3) is 0.625. The van der Waals surface area contributed by atoms with Gasteiger partial charge in [-0.15, -0.1) is 0 Å². The van der Waals surface area contributed by atoms with Gasteiger partial charge in [0.15, 0.2) is 0 Å². The van der Waals surface area contributed by atoms with Crippen LogP contribution >= 0.6 is 0 Å². The molecule has 5 fully saturated rings. The zero-order chi connectivity index (χ0) is 29.7. The highest BCUT2D eigenvalue weighted by atomic mass is 16.5. The third kappa shape index (κ3) is 5.13. The molecule has 2 aliphatic heterocycles. The van der Waals surface area contributed by atoms with Gasteiger partial charge < -0.3 is 9.47 Å². The lowest BCUT2D eigenvalue weighted by Gasteiger charge is -2.32. The summed E-state index contributed by atoms with van der Waals surface area (Å²) in [6.07, 6.45) is 6.33. The van der Waals surface area contributed by atoms with Gasteiger partial charge >= 0.3 is 11.9 Å². The van der Waals surface area contributed by atoms with Crippen LogP contribution in [0.15, 0.2) is 24.3 Å². The molecule has 1 aromatic rings. The van der Waals surface area contributed by atoms with Crippen molar-refractivity contribution in [3.05, 3.63) is 24.3 Å². The van der Waals surface area contributed by atoms with Crippen LogP contribution < -0.4 is 9.47 Å². The number of imide groups is 2. The molecule has 42 heavy (non-hydrogen) atoms. The largest absolute Gasteiger partial charge is 0.426 e. The van der Waals surface area contributed by atoms with Gasteiger partial charge in [-0.05, 0) is 94.4 Å². The molecular formula is C32H38N2O8. The highest BCUT2D eigenvalue weighted by molar-refractivity contribution is 6.06. The zero-order valence-electron chi connectivity index (χ0n) is 24.2. The first-order valence-corrected chi connectivity index (χ1v) is 15.3. The number of rotatable bonds is 5. The van der Waals surface area contributed by atoms with Crippen LogP contribution in [0.25, 0.3) is 0 Å². The lowest BCUT2D eigenvalue weighted by Crippen LogP contribution is -2.42. The Labute approximate surface area is 245 Å². The van der Waals surface area contributed by atoms with E-state index in [9.17, 15) is 28.8 Å². The molecule has 224 valence electrons. The molecule has 0 bridgehead atoms. The quantitative estimate of drug-likeness (QED) is 0.295. The first kappa shape index (κ1) is 28.6. The molecule has 0 aromatic heterocycles. The second kappa shape index (κ2) is 11.3. The molecule has 10 heteroatoms. The van der Waals surface area contributed by atoms with Gasteiger partial charge in [0.05, 0.1) is 35.5 Å². The van der Waals surface area contributed by atoms with Crippen LogP contribution in [0.4, 0.5) is 0 Å². The molecule has 2 heterocycles. The van der Waals surface area contributed by atoms with E-state index in [0.717, 1.165) is 30.6 Å². The molecule has 3 saturated carbocycles. The Morgan fingerprint density at radius 3 is 1.57 bits per heavy atom. The van der Waals surface area contributed by atoms with Gasteiger partial charge in [-0.2, -0.15) is 0 Å². The Bertz CT molecular complexity index is 1300. The summed E-state index contributed by atoms with van der Waals surface area (Å²) in [5.74, 6) is -2.81. The number of hydrogen-bond acceptors (Lipinski definition) is 8. The number of amides is 4. The van der Waals surface area contributed by atoms with Crippen molar-refractivity contribution >= 4 is 35.6 Å². The molecular weight excluding hydrogens is 540 g/mol. The van der Waals surface area contributed by atoms with Crippen molar-refractivity contribution in [2.75, 3.05) is 7.05 Å². The molecule has 6 unspecified atom stereocenters. The van der Waals surface area contributed by atoms with Crippen LogP contribution in [0, 0.1) is 41.4 Å². The van der Waals surface area contributed by atoms with Crippen molar-refractivity contribution < 1.29 is 38.2 Å². The molecule has 0 spiro atoms. The second-order valence-electron chi connectivity index (χ2n) is 13.0. The maximum absolute atomic E-state index is 13.3. The van der Waals surface area contributed by atoms with Crippen LogP contribution in [0.2, 0.25) is 0 Å². The molecule has 4 amide bonds. The molecule has 3 aliphatic carbocycles. The number of ether oxygens (including phenoxy) is 2. The lowest BCUT2D eigenvalue weighted by molar-refractivity contribution is -0.144. The molecule has 2 saturated heterocycles. The number of likely N-dealkylation sites (tertiary alicyclic amines) is 2. The Morgan fingerprint density at radius 2 is 1.05 bits per heavy atom. The van der Waals surface area contributed by atoms with Crippen LogP contribution in [0.1, 0.15) is 71.1 Å². The maximum Gasteiger partial charge on any atom is 0.314 e. The third-order valence-electron chi connectivity index (χ3n) is 10.4. The topological polar surface area (TPSA) is 127 Å². The van der Waals surface area contributed by atoms with E-state index in [0.29, 0.717) is 55.9 Å². The molecule has 5 aliphatic rings. The Balaban J connectivity index is 1.01. The molecule has 0 N–H and O–H groups in total. The first-order valence-electron chi connectivity index (χ1n) is 15.3. The summed E-state index contributed by atoms with van der Waals surface area (Å²) in [6.45, 7) is 2.20. The SMILES string of the molecule is CC1CCC(N2C(=O)C3CCC(C(=O)Oc4ccc(OC(=O)C5CCC6C(=O)N(C)C(=O)C6C5)cc4)CC3C2=O)CC1. The molecule has 0 radical (unpaired) electrons. The number of esters is 2. The van der Waals surface area contributed by atoms with Gasteiger partial charge in [0.2, 0.25) is 23.6 Å². The van der Waals surface area contributed by atoms with E-state index in [1.54, 1.807) is 24.3 Å². The van der Waals surface area contributed by atoms with Gasteiger partial charge in [-0.1, -0.05) is 6.92 Å². The number of carbonyl (C=O) groups excluding carboxylic acids is 6. The fourth-order valence-electron chi connectivity index (χ4n) is 7.81. The third-order valence-corrected chi connectivity index (χ3v) is 10.4. The van der Waals surface area contributed by atoms with Gasteiger partial charge in [-0.3, -0.25) is 38.6 Å². The number of nitrogens with zero attached hydrogens (tertiary/aromatic N) is 2. The van der Waals surface area contributed by atoms with Crippen LogP contribution in [0.5, 0.6) is 11.5 Å². The summed E-state index contributed by atoms with van der Waals surface area (Å²) in [5.41, 5.74) is 0. The smallest absolute Gasteiger partial charge is 0.314 e. The van der Waals surface area contributed by atoms with Crippen molar-refractivity contribution in [2.24, 2.45) is 41.4 Å². The predicted molar refractivity (Wildman–Crippen MR) is 147 cm³/mol. The van der Waals surface area contributed by atoms with Crippen molar-refractivity contribution in [1.82, 2.24) is 9.80 Å². The van der Waals surface area contributed by atoms with E-state index in [4.69, 9.17) is 9.47 Å². The first-order chi connectivity index (χ1) is 20.1. The van der Waals surface area contributed by atoms with E-state index >= 15 is 0 Å². The number of fused-ring (bicyclic) bond motifs is 2. The van der Waals surface area contributed by atoms with E-state index in [2.05, 4.69) is 6.92 Å². The van der Waals surface area contributed by atoms with E-state index in [-0.39, 0.29) is 41.5 Å². The standard InChI is InChI=1S/C32H38N2O8/c1-17-3-7-20(8-4-17)34-29(37)24-14-6-19(16-26(24)30(34)38)32(40)42-22-11-9-21(10-12-22)41-31(39)18-5-13-23-25(15-18)28(36)33(2)27(23)35/h9-12,17-20,23-26H,3-8,13-16H2,1-2H3. The minimum absolute atomic E-state index is 0.0176. The Morgan fingerprint density at radius 1 is 0.619 bits per heavy atom. The summed E-state index contributed by atoms with van der Waals surface area (Å²) in [4.78, 5) is 79.5. The zero-order valence-corrected chi connectivity index (χ0v) is 24.2. The average molecular weight is 579 g/mol. The van der Waals surface area contributed by atoms with Crippen LogP contribution in [-0.2, 0) is 28.8 Å². The normalized spacial score (nSPS) is 34.7. The van der Waals surface area contributed by atoms with Crippen molar-refractivity contribution in [3.8, 4) is 11.5 Å². The number of hydrogen-bond donors (Lipinski definition) is 0. The van der Waals surface area contributed by atoms with Gasteiger partial charge in [0.1, 0.15) is 11.5 Å². The maximum atomic E-state index is 13.3.